The minimum atomic E-state index is 0.167. The van der Waals surface area contributed by atoms with Gasteiger partial charge in [0.1, 0.15) is 0 Å². The van der Waals surface area contributed by atoms with Crippen molar-refractivity contribution in [3.05, 3.63) is 0 Å². The molecular weight excluding hydrogens is 192 g/mol. The maximum Gasteiger partial charge on any atom is 0.219 e. The first-order valence-corrected chi connectivity index (χ1v) is 5.76. The predicted molar refractivity (Wildman–Crippen MR) is 57.6 cm³/mol. The van der Waals surface area contributed by atoms with Gasteiger partial charge in [0.05, 0.1) is 13.2 Å². The Bertz CT molecular complexity index is 237. The second kappa shape index (κ2) is 4.49. The average molecular weight is 212 g/mol. The lowest BCUT2D eigenvalue weighted by Crippen LogP contribution is -2.49. The van der Waals surface area contributed by atoms with E-state index in [1.54, 1.807) is 6.92 Å². The van der Waals surface area contributed by atoms with Crippen LogP contribution in [-0.2, 0) is 9.53 Å². The van der Waals surface area contributed by atoms with Crippen LogP contribution in [0.4, 0.5) is 0 Å². The third-order valence-electron chi connectivity index (χ3n) is 3.45. The molecule has 2 rings (SSSR count). The van der Waals surface area contributed by atoms with Gasteiger partial charge in [-0.3, -0.25) is 4.79 Å². The Labute approximate surface area is 91.0 Å². The molecule has 4 nitrogen and oxygen atoms in total. The van der Waals surface area contributed by atoms with E-state index >= 15 is 0 Å². The van der Waals surface area contributed by atoms with Crippen molar-refractivity contribution in [2.75, 3.05) is 39.4 Å². The molecule has 0 aromatic rings. The van der Waals surface area contributed by atoms with Gasteiger partial charge in [-0.25, -0.2) is 0 Å². The molecule has 0 bridgehead atoms. The highest BCUT2D eigenvalue weighted by atomic mass is 16.5. The van der Waals surface area contributed by atoms with Gasteiger partial charge >= 0.3 is 0 Å². The maximum absolute atomic E-state index is 11.4. The Kier molecular flexibility index (Phi) is 3.26. The van der Waals surface area contributed by atoms with E-state index in [0.717, 1.165) is 32.8 Å². The second-order valence-electron chi connectivity index (χ2n) is 4.77. The third-order valence-corrected chi connectivity index (χ3v) is 3.45. The Morgan fingerprint density at radius 1 is 1.53 bits per heavy atom. The van der Waals surface area contributed by atoms with Crippen LogP contribution in [0.3, 0.4) is 0 Å². The topological polar surface area (TPSA) is 41.6 Å². The molecule has 1 atom stereocenters. The molecule has 2 heterocycles. The first kappa shape index (κ1) is 10.9. The fourth-order valence-electron chi connectivity index (χ4n) is 2.55. The van der Waals surface area contributed by atoms with E-state index in [4.69, 9.17) is 4.74 Å². The van der Waals surface area contributed by atoms with E-state index < -0.39 is 0 Å². The molecule has 1 spiro atoms. The summed E-state index contributed by atoms with van der Waals surface area (Å²) in [4.78, 5) is 13.4. The lowest BCUT2D eigenvalue weighted by molar-refractivity contribution is -0.130. The van der Waals surface area contributed by atoms with E-state index in [1.165, 1.54) is 12.8 Å². The number of ether oxygens (including phenoxy) is 1. The van der Waals surface area contributed by atoms with Crippen molar-refractivity contribution < 1.29 is 9.53 Å². The fourth-order valence-corrected chi connectivity index (χ4v) is 2.55. The summed E-state index contributed by atoms with van der Waals surface area (Å²) in [6, 6.07) is 0. The summed E-state index contributed by atoms with van der Waals surface area (Å²) in [6.07, 6.45) is 2.36. The number of amides is 1. The monoisotopic (exact) mass is 212 g/mol. The molecular formula is C11H20N2O2. The van der Waals surface area contributed by atoms with Crippen LogP contribution in [0.5, 0.6) is 0 Å². The van der Waals surface area contributed by atoms with Gasteiger partial charge in [-0.05, 0) is 19.4 Å². The van der Waals surface area contributed by atoms with Crippen LogP contribution >= 0.6 is 0 Å². The maximum atomic E-state index is 11.4. The Balaban J connectivity index is 2.06. The summed E-state index contributed by atoms with van der Waals surface area (Å²) in [5, 5.41) is 3.41. The van der Waals surface area contributed by atoms with Crippen LogP contribution in [0.15, 0.2) is 0 Å². The normalized spacial score (nSPS) is 32.7. The molecule has 0 aliphatic carbocycles. The van der Waals surface area contributed by atoms with Gasteiger partial charge < -0.3 is 15.0 Å². The Morgan fingerprint density at radius 2 is 2.40 bits per heavy atom. The molecule has 2 fully saturated rings. The molecule has 0 radical (unpaired) electrons. The van der Waals surface area contributed by atoms with E-state index in [1.807, 2.05) is 4.90 Å². The van der Waals surface area contributed by atoms with Crippen LogP contribution in [0, 0.1) is 5.41 Å². The number of carbonyl (C=O) groups is 1. The second-order valence-corrected chi connectivity index (χ2v) is 4.77. The van der Waals surface area contributed by atoms with Crippen LogP contribution in [0.2, 0.25) is 0 Å². The van der Waals surface area contributed by atoms with Crippen molar-refractivity contribution in [1.29, 1.82) is 0 Å². The van der Waals surface area contributed by atoms with Gasteiger partial charge in [-0.2, -0.15) is 0 Å². The van der Waals surface area contributed by atoms with Gasteiger partial charge in [0.15, 0.2) is 0 Å². The number of nitrogens with one attached hydrogen (secondary N) is 1. The Hall–Kier alpha value is -0.610. The smallest absolute Gasteiger partial charge is 0.219 e. The zero-order valence-electron chi connectivity index (χ0n) is 9.42. The van der Waals surface area contributed by atoms with E-state index in [0.29, 0.717) is 6.61 Å². The Morgan fingerprint density at radius 3 is 3.07 bits per heavy atom. The van der Waals surface area contributed by atoms with E-state index in [-0.39, 0.29) is 11.3 Å². The van der Waals surface area contributed by atoms with Gasteiger partial charge in [-0.1, -0.05) is 0 Å². The first-order valence-electron chi connectivity index (χ1n) is 5.76. The van der Waals surface area contributed by atoms with Gasteiger partial charge in [0.25, 0.3) is 0 Å². The van der Waals surface area contributed by atoms with Crippen molar-refractivity contribution in [2.24, 2.45) is 5.41 Å². The highest BCUT2D eigenvalue weighted by Crippen LogP contribution is 2.29. The molecule has 0 aromatic carbocycles. The molecule has 0 aromatic heterocycles. The minimum Gasteiger partial charge on any atom is -0.379 e. The van der Waals surface area contributed by atoms with Crippen molar-refractivity contribution in [1.82, 2.24) is 10.2 Å². The number of rotatable bonds is 0. The predicted octanol–water partition coefficient (Wildman–Crippen LogP) is 0.235. The largest absolute Gasteiger partial charge is 0.379 e. The molecule has 86 valence electrons. The lowest BCUT2D eigenvalue weighted by atomic mass is 9.81. The van der Waals surface area contributed by atoms with Gasteiger partial charge in [0.2, 0.25) is 5.91 Å². The summed E-state index contributed by atoms with van der Waals surface area (Å²) < 4.78 is 5.63. The summed E-state index contributed by atoms with van der Waals surface area (Å²) in [5.41, 5.74) is 0.167. The summed E-state index contributed by atoms with van der Waals surface area (Å²) in [5.74, 6) is 0.172. The third kappa shape index (κ3) is 2.49. The highest BCUT2D eigenvalue weighted by Gasteiger charge is 2.36. The molecule has 1 N–H and O–H groups in total. The van der Waals surface area contributed by atoms with Gasteiger partial charge in [-0.15, -0.1) is 0 Å². The lowest BCUT2D eigenvalue weighted by Gasteiger charge is -2.38. The molecule has 4 heteroatoms. The van der Waals surface area contributed by atoms with Crippen LogP contribution in [0.25, 0.3) is 0 Å². The number of hydrogen-bond acceptors (Lipinski definition) is 3. The molecule has 2 saturated heterocycles. The minimum absolute atomic E-state index is 0.167. The number of carbonyl (C=O) groups excluding carboxylic acids is 1. The molecule has 2 aliphatic rings. The molecule has 2 aliphatic heterocycles. The van der Waals surface area contributed by atoms with Crippen LogP contribution in [-0.4, -0.2) is 50.2 Å². The van der Waals surface area contributed by atoms with Gasteiger partial charge in [0, 0.05) is 32.0 Å². The molecule has 0 unspecified atom stereocenters. The average Bonchev–Trinajstić information content (AvgIpc) is 2.43. The number of hydrogen-bond donors (Lipinski definition) is 1. The fraction of sp³-hybridized carbons (Fsp3) is 0.909. The van der Waals surface area contributed by atoms with E-state index in [9.17, 15) is 4.79 Å². The van der Waals surface area contributed by atoms with Crippen molar-refractivity contribution in [3.63, 3.8) is 0 Å². The molecule has 1 amide bonds. The SMILES string of the molecule is CC(=O)N1CCOC[C@]2(CCCNC2)C1. The number of piperidine rings is 1. The summed E-state index contributed by atoms with van der Waals surface area (Å²) >= 11 is 0. The zero-order valence-corrected chi connectivity index (χ0v) is 9.42. The first-order chi connectivity index (χ1) is 7.22. The van der Waals surface area contributed by atoms with Crippen molar-refractivity contribution >= 4 is 5.91 Å². The zero-order chi connectivity index (χ0) is 10.7. The quantitative estimate of drug-likeness (QED) is 0.625. The van der Waals surface area contributed by atoms with Crippen molar-refractivity contribution in [2.45, 2.75) is 19.8 Å². The van der Waals surface area contributed by atoms with Crippen LogP contribution in [0.1, 0.15) is 19.8 Å². The molecule has 15 heavy (non-hydrogen) atoms. The van der Waals surface area contributed by atoms with E-state index in [2.05, 4.69) is 5.32 Å². The summed E-state index contributed by atoms with van der Waals surface area (Å²) in [6.45, 7) is 6.81. The summed E-state index contributed by atoms with van der Waals surface area (Å²) in [7, 11) is 0. The highest BCUT2D eigenvalue weighted by molar-refractivity contribution is 5.73. The number of nitrogens with zero attached hydrogens (tertiary/aromatic N) is 1. The van der Waals surface area contributed by atoms with Crippen LogP contribution < -0.4 is 5.32 Å². The standard InChI is InChI=1S/C11H20N2O2/c1-10(14)13-5-6-15-9-11(8-13)3-2-4-12-7-11/h12H,2-9H2,1H3/t11-/m0/s1. The van der Waals surface area contributed by atoms with Crippen molar-refractivity contribution in [3.8, 4) is 0 Å². The molecule has 0 saturated carbocycles.